The Bertz CT molecular complexity index is 2830. The number of guanidine groups is 1. The Kier molecular flexibility index (Phi) is 33.8. The van der Waals surface area contributed by atoms with Gasteiger partial charge in [-0.15, -0.1) is 0 Å². The van der Waals surface area contributed by atoms with E-state index in [1.54, 1.807) is 34.6 Å². The first-order valence-corrected chi connectivity index (χ1v) is 36.6. The van der Waals surface area contributed by atoms with Crippen molar-refractivity contribution in [3.8, 4) is 0 Å². The zero-order chi connectivity index (χ0) is 73.4. The van der Waals surface area contributed by atoms with Crippen LogP contribution < -0.4 is 75.7 Å². The molecule has 98 heavy (non-hydrogen) atoms. The molecule has 32 nitrogen and oxygen atoms in total. The van der Waals surface area contributed by atoms with Crippen molar-refractivity contribution in [1.82, 2.24) is 68.3 Å². The van der Waals surface area contributed by atoms with E-state index in [2.05, 4.69) is 63.5 Å². The second-order valence-electron chi connectivity index (χ2n) is 27.8. The SMILES string of the molecule is CC[C@H](C)[C@@H]1NC(=O)[C@@H](N)CCCNC(=O)[C@@H]2CCCN2C(=O)[C@H]([C@@H](C)CC)NC(=O)[C@H]2NC(=O)[C@H]([C@@H](C)CC)NC(=O)[C@@H]3CCCN3C(=O)CCCCNC(=O)[C@H](CC(C)(C)C)NC(=O)[C@H](CO)NC(=O)[C@H](CCCN=C(N)N)NC(=O)[C@H](CO)NC(=O)[C@@H](NC1=O)SSC2(C)C. The van der Waals surface area contributed by atoms with Crippen LogP contribution in [-0.2, 0) is 62.3 Å². The Hall–Kier alpha value is -7.04. The number of rotatable bonds is 13. The summed E-state index contributed by atoms with van der Waals surface area (Å²) >= 11 is 0. The van der Waals surface area contributed by atoms with Gasteiger partial charge >= 0.3 is 0 Å². The van der Waals surface area contributed by atoms with Crippen molar-refractivity contribution in [3.05, 3.63) is 0 Å². The van der Waals surface area contributed by atoms with E-state index >= 15 is 14.4 Å². The van der Waals surface area contributed by atoms with Gasteiger partial charge in [0.05, 0.1) is 24.0 Å². The quantitative estimate of drug-likeness (QED) is 0.0396. The molecule has 34 heteroatoms. The number of amides is 13. The van der Waals surface area contributed by atoms with Crippen LogP contribution in [0.15, 0.2) is 4.99 Å². The fourth-order valence-electron chi connectivity index (χ4n) is 11.7. The largest absolute Gasteiger partial charge is 0.394 e. The predicted molar refractivity (Wildman–Crippen MR) is 370 cm³/mol. The standard InChI is InChI=1S/C64H111N17O15S2/c1-12-34(4)45-56(92)78-48-58(94)77-47(36(6)14-3)61(96)81-30-20-23-42(81)54(90)69-27-17-21-37(65)49(85)75-46(35(5)13-2)57(93)79-60(97-98-64(48,10)11)59(95)74-41(33-83)52(88)71-38(22-18-28-70-62(66)67)51(87)73-40(32-82)53(89)72-39(31-63(7,8)9)50(86)68-26-16-15-25-44(84)80-29-19-24-43(80)55(91)76-45/h34-43,45-48,60,82-83H,12-33,65H2,1-11H3,(H,68,86)(H,69,90)(H,71,88)(H,72,89)(H,73,87)(H,74,95)(H,75,85)(H,76,91)(H,77,94)(H,78,92)(H,79,93)(H4,66,67,70)/t34-,35-,36-,37-,38-,39-,40-,41-,42-,43-,45-,46-,47-,48+,60-/m0/s1. The lowest BCUT2D eigenvalue weighted by molar-refractivity contribution is -0.143. The van der Waals surface area contributed by atoms with E-state index in [1.807, 2.05) is 27.7 Å². The molecule has 0 spiro atoms. The van der Waals surface area contributed by atoms with E-state index in [-0.39, 0.29) is 96.0 Å². The maximum absolute atomic E-state index is 15.5. The van der Waals surface area contributed by atoms with Crippen molar-refractivity contribution in [2.45, 2.75) is 249 Å². The molecule has 13 amide bonds. The third-order valence-corrected chi connectivity index (χ3v) is 21.7. The van der Waals surface area contributed by atoms with Crippen molar-refractivity contribution in [3.63, 3.8) is 0 Å². The maximum Gasteiger partial charge on any atom is 0.254 e. The summed E-state index contributed by atoms with van der Waals surface area (Å²) in [5, 5.41) is 49.2. The minimum absolute atomic E-state index is 0.0193. The predicted octanol–water partition coefficient (Wildman–Crippen LogP) is -2.40. The molecule has 0 aromatic heterocycles. The van der Waals surface area contributed by atoms with Crippen LogP contribution in [-0.4, -0.2) is 225 Å². The third kappa shape index (κ3) is 25.0. The fraction of sp³-hybridized carbons (Fsp3) is 0.781. The molecule has 0 radical (unpaired) electrons. The summed E-state index contributed by atoms with van der Waals surface area (Å²) in [6.45, 7) is 17.4. The Labute approximate surface area is 583 Å². The van der Waals surface area contributed by atoms with Gasteiger partial charge in [-0.1, -0.05) is 103 Å². The van der Waals surface area contributed by atoms with Gasteiger partial charge in [0, 0.05) is 39.1 Å². The topological polar surface area (TPSA) is 492 Å². The van der Waals surface area contributed by atoms with Gasteiger partial charge in [0.25, 0.3) is 5.91 Å². The van der Waals surface area contributed by atoms with Gasteiger partial charge < -0.3 is 95.7 Å². The zero-order valence-corrected chi connectivity index (χ0v) is 60.4. The van der Waals surface area contributed by atoms with Crippen LogP contribution in [0.3, 0.4) is 0 Å². The van der Waals surface area contributed by atoms with E-state index in [4.69, 9.17) is 17.2 Å². The van der Waals surface area contributed by atoms with Crippen molar-refractivity contribution >= 4 is 104 Å². The first kappa shape index (κ1) is 83.4. The number of hydrogen-bond donors (Lipinski definition) is 16. The second-order valence-corrected chi connectivity index (χ2v) is 30.7. The average Bonchev–Trinajstić information content (AvgIpc) is 1.01. The number of fused-ring (bicyclic) bond motifs is 6. The van der Waals surface area contributed by atoms with Crippen LogP contribution in [0.1, 0.15) is 172 Å². The lowest BCUT2D eigenvalue weighted by Crippen LogP contribution is -2.64. The summed E-state index contributed by atoms with van der Waals surface area (Å²) in [7, 11) is 1.43. The number of hydrogen-bond acceptors (Lipinski definition) is 19. The Morgan fingerprint density at radius 1 is 0.551 bits per heavy atom. The summed E-state index contributed by atoms with van der Waals surface area (Å²) in [6.07, 6.45) is 3.16. The molecule has 0 aromatic rings. The molecule has 4 fully saturated rings. The minimum atomic E-state index is -1.91. The normalized spacial score (nSPS) is 29.4. The van der Waals surface area contributed by atoms with Crippen molar-refractivity contribution in [1.29, 1.82) is 0 Å². The van der Waals surface area contributed by atoms with Gasteiger partial charge in [-0.2, -0.15) is 0 Å². The van der Waals surface area contributed by atoms with E-state index in [1.165, 1.54) is 23.6 Å². The number of aliphatic hydroxyl groups is 2. The van der Waals surface area contributed by atoms with E-state index in [0.29, 0.717) is 55.7 Å². The average molecular weight is 1420 g/mol. The number of nitrogens with one attached hydrogen (secondary N) is 11. The van der Waals surface area contributed by atoms with E-state index < -0.39 is 184 Å². The van der Waals surface area contributed by atoms with Crippen LogP contribution >= 0.6 is 21.6 Å². The van der Waals surface area contributed by atoms with E-state index in [9.17, 15) is 58.2 Å². The molecule has 4 aliphatic heterocycles. The van der Waals surface area contributed by atoms with Gasteiger partial charge in [0.1, 0.15) is 60.4 Å². The number of nitrogens with zero attached hydrogens (tertiary/aromatic N) is 3. The maximum atomic E-state index is 15.5. The van der Waals surface area contributed by atoms with Crippen LogP contribution in [0.25, 0.3) is 0 Å². The first-order chi connectivity index (χ1) is 46.1. The highest BCUT2D eigenvalue weighted by Gasteiger charge is 2.47. The summed E-state index contributed by atoms with van der Waals surface area (Å²) in [5.41, 5.74) is 17.0. The molecule has 0 aliphatic carbocycles. The third-order valence-electron chi connectivity index (χ3n) is 18.3. The molecule has 0 saturated carbocycles. The molecule has 0 unspecified atom stereocenters. The Morgan fingerprint density at radius 2 is 1.04 bits per heavy atom. The highest BCUT2D eigenvalue weighted by Crippen LogP contribution is 2.41. The molecule has 4 heterocycles. The molecule has 4 saturated heterocycles. The fourth-order valence-corrected chi connectivity index (χ4v) is 14.4. The molecule has 554 valence electrons. The smallest absolute Gasteiger partial charge is 0.254 e. The zero-order valence-electron chi connectivity index (χ0n) is 58.8. The molecular weight excluding hydrogens is 1310 g/mol. The number of carbonyl (C=O) groups is 13. The Balaban J connectivity index is 1.95. The molecule has 0 aromatic carbocycles. The molecule has 4 rings (SSSR count). The summed E-state index contributed by atoms with van der Waals surface area (Å²) in [5.74, 6) is -12.4. The number of aliphatic imine (C=N–C) groups is 1. The molecule has 2 bridgehead atoms. The number of nitrogens with two attached hydrogens (primary N) is 3. The first-order valence-electron chi connectivity index (χ1n) is 34.4. The monoisotopic (exact) mass is 1420 g/mol. The summed E-state index contributed by atoms with van der Waals surface area (Å²) in [4.78, 5) is 195. The highest BCUT2D eigenvalue weighted by molar-refractivity contribution is 8.77. The van der Waals surface area contributed by atoms with Crippen molar-refractivity contribution in [2.24, 2.45) is 45.4 Å². The van der Waals surface area contributed by atoms with Crippen molar-refractivity contribution < 1.29 is 72.5 Å². The number of carbonyl (C=O) groups excluding carboxylic acids is 13. The summed E-state index contributed by atoms with van der Waals surface area (Å²) in [6, 6.07) is -15.2. The van der Waals surface area contributed by atoms with Gasteiger partial charge in [0.15, 0.2) is 11.3 Å². The molecule has 4 aliphatic rings. The van der Waals surface area contributed by atoms with Crippen LogP contribution in [0.5, 0.6) is 0 Å². The Morgan fingerprint density at radius 3 is 1.61 bits per heavy atom. The summed E-state index contributed by atoms with van der Waals surface area (Å²) < 4.78 is -1.62. The minimum Gasteiger partial charge on any atom is -0.394 e. The number of aliphatic hydroxyl groups excluding tert-OH is 2. The van der Waals surface area contributed by atoms with Gasteiger partial charge in [-0.25, -0.2) is 0 Å². The lowest BCUT2D eigenvalue weighted by atomic mass is 9.87. The van der Waals surface area contributed by atoms with Gasteiger partial charge in [0.2, 0.25) is 70.9 Å². The highest BCUT2D eigenvalue weighted by atomic mass is 33.1. The molecular formula is C64H111N17O15S2. The van der Waals surface area contributed by atoms with Crippen LogP contribution in [0.2, 0.25) is 0 Å². The lowest BCUT2D eigenvalue weighted by Gasteiger charge is -2.38. The second kappa shape index (κ2) is 39.7. The van der Waals surface area contributed by atoms with Crippen LogP contribution in [0, 0.1) is 23.2 Å². The van der Waals surface area contributed by atoms with Crippen LogP contribution in [0.4, 0.5) is 0 Å². The van der Waals surface area contributed by atoms with Gasteiger partial charge in [-0.05, 0) is 108 Å². The molecule has 15 atom stereocenters. The van der Waals surface area contributed by atoms with Crippen molar-refractivity contribution in [2.75, 3.05) is 45.9 Å². The van der Waals surface area contributed by atoms with E-state index in [0.717, 1.165) is 10.8 Å². The molecule has 19 N–H and O–H groups in total. The van der Waals surface area contributed by atoms with Gasteiger partial charge in [-0.3, -0.25) is 67.3 Å².